The normalized spacial score (nSPS) is 19.4. The zero-order chi connectivity index (χ0) is 11.4. The fourth-order valence-electron chi connectivity index (χ4n) is 1.91. The topological polar surface area (TPSA) is 24.1 Å². The van der Waals surface area contributed by atoms with Gasteiger partial charge in [-0.05, 0) is 38.1 Å². The van der Waals surface area contributed by atoms with Crippen LogP contribution in [0.25, 0.3) is 0 Å². The smallest absolute Gasteiger partial charge is 0.146 e. The number of hydrogen-bond acceptors (Lipinski definition) is 2. The third-order valence-electron chi connectivity index (χ3n) is 2.97. The van der Waals surface area contributed by atoms with Gasteiger partial charge in [-0.1, -0.05) is 12.1 Å². The first-order valence-electron chi connectivity index (χ1n) is 5.58. The van der Waals surface area contributed by atoms with Crippen molar-refractivity contribution in [3.8, 4) is 0 Å². The van der Waals surface area contributed by atoms with Crippen LogP contribution in [0.3, 0.4) is 0 Å². The number of para-hydroxylation sites is 1. The number of halogens is 2. The summed E-state index contributed by atoms with van der Waals surface area (Å²) in [4.78, 5) is 0. The van der Waals surface area contributed by atoms with Gasteiger partial charge in [0.1, 0.15) is 11.5 Å². The predicted octanol–water partition coefficient (Wildman–Crippen LogP) is 2.33. The fourth-order valence-corrected chi connectivity index (χ4v) is 1.91. The summed E-state index contributed by atoms with van der Waals surface area (Å²) >= 11 is 0. The summed E-state index contributed by atoms with van der Waals surface area (Å²) in [5, 5.41) is 5.95. The Morgan fingerprint density at radius 3 is 2.62 bits per heavy atom. The zero-order valence-corrected chi connectivity index (χ0v) is 9.10. The van der Waals surface area contributed by atoms with E-state index in [4.69, 9.17) is 0 Å². The second-order valence-electron chi connectivity index (χ2n) is 4.23. The summed E-state index contributed by atoms with van der Waals surface area (Å²) in [7, 11) is 0. The molecule has 0 spiro atoms. The van der Waals surface area contributed by atoms with Gasteiger partial charge in [-0.2, -0.15) is 0 Å². The van der Waals surface area contributed by atoms with Gasteiger partial charge >= 0.3 is 0 Å². The Morgan fingerprint density at radius 1 is 1.25 bits per heavy atom. The molecule has 1 aromatic carbocycles. The number of hydrogen-bond donors (Lipinski definition) is 2. The molecule has 1 aliphatic rings. The van der Waals surface area contributed by atoms with Crippen molar-refractivity contribution in [2.45, 2.75) is 18.5 Å². The lowest BCUT2D eigenvalue weighted by Crippen LogP contribution is -2.43. The Morgan fingerprint density at radius 2 is 1.94 bits per heavy atom. The third kappa shape index (κ3) is 2.70. The summed E-state index contributed by atoms with van der Waals surface area (Å²) in [5.41, 5.74) is -0.842. The molecule has 0 radical (unpaired) electrons. The molecule has 0 atom stereocenters. The van der Waals surface area contributed by atoms with Gasteiger partial charge in [-0.3, -0.25) is 0 Å². The quantitative estimate of drug-likeness (QED) is 0.826. The van der Waals surface area contributed by atoms with Gasteiger partial charge < -0.3 is 10.6 Å². The molecule has 1 aliphatic heterocycles. The van der Waals surface area contributed by atoms with E-state index < -0.39 is 5.67 Å². The molecule has 4 heteroatoms. The number of anilines is 1. The molecule has 0 amide bonds. The van der Waals surface area contributed by atoms with Crippen molar-refractivity contribution in [1.82, 2.24) is 5.32 Å². The number of benzene rings is 1. The summed E-state index contributed by atoms with van der Waals surface area (Å²) in [6.07, 6.45) is 0.961. The first-order chi connectivity index (χ1) is 7.70. The van der Waals surface area contributed by atoms with Crippen LogP contribution in [-0.4, -0.2) is 25.3 Å². The Kier molecular flexibility index (Phi) is 3.39. The first-order valence-corrected chi connectivity index (χ1v) is 5.58. The van der Waals surface area contributed by atoms with Crippen molar-refractivity contribution in [3.05, 3.63) is 30.1 Å². The Labute approximate surface area is 94.0 Å². The minimum Gasteiger partial charge on any atom is -0.379 e. The highest BCUT2D eigenvalue weighted by Crippen LogP contribution is 2.24. The van der Waals surface area contributed by atoms with Crippen LogP contribution in [0.4, 0.5) is 14.5 Å². The van der Waals surface area contributed by atoms with E-state index in [1.807, 2.05) is 0 Å². The molecule has 2 nitrogen and oxygen atoms in total. The molecule has 1 aromatic rings. The van der Waals surface area contributed by atoms with E-state index in [1.54, 1.807) is 18.2 Å². The molecule has 0 aromatic heterocycles. The van der Waals surface area contributed by atoms with Crippen molar-refractivity contribution < 1.29 is 8.78 Å². The third-order valence-corrected chi connectivity index (χ3v) is 2.97. The predicted molar refractivity (Wildman–Crippen MR) is 60.8 cm³/mol. The molecular formula is C12H16F2N2. The first kappa shape index (κ1) is 11.3. The SMILES string of the molecule is Fc1ccccc1NCC1(F)CCNCC1. The van der Waals surface area contributed by atoms with Crippen molar-refractivity contribution in [3.63, 3.8) is 0 Å². The van der Waals surface area contributed by atoms with Crippen LogP contribution in [0.15, 0.2) is 24.3 Å². The summed E-state index contributed by atoms with van der Waals surface area (Å²) in [6, 6.07) is 6.35. The van der Waals surface area contributed by atoms with Gasteiger partial charge in [-0.15, -0.1) is 0 Å². The highest BCUT2D eigenvalue weighted by molar-refractivity contribution is 5.44. The number of piperidine rings is 1. The van der Waals surface area contributed by atoms with E-state index in [9.17, 15) is 8.78 Å². The van der Waals surface area contributed by atoms with E-state index in [0.29, 0.717) is 31.6 Å². The number of rotatable bonds is 3. The number of nitrogens with one attached hydrogen (secondary N) is 2. The lowest BCUT2D eigenvalue weighted by molar-refractivity contribution is 0.131. The van der Waals surface area contributed by atoms with Crippen LogP contribution in [0.1, 0.15) is 12.8 Å². The molecule has 1 heterocycles. The maximum absolute atomic E-state index is 14.2. The average Bonchev–Trinajstić information content (AvgIpc) is 2.29. The second-order valence-corrected chi connectivity index (χ2v) is 4.23. The molecule has 2 N–H and O–H groups in total. The Hall–Kier alpha value is -1.16. The van der Waals surface area contributed by atoms with Crippen LogP contribution in [0.5, 0.6) is 0 Å². The lowest BCUT2D eigenvalue weighted by Gasteiger charge is -2.30. The molecule has 2 rings (SSSR count). The lowest BCUT2D eigenvalue weighted by atomic mass is 9.94. The highest BCUT2D eigenvalue weighted by Gasteiger charge is 2.31. The molecule has 1 saturated heterocycles. The van der Waals surface area contributed by atoms with Crippen molar-refractivity contribution >= 4 is 5.69 Å². The molecule has 1 fully saturated rings. The molecule has 0 unspecified atom stereocenters. The maximum Gasteiger partial charge on any atom is 0.146 e. The van der Waals surface area contributed by atoms with Crippen LogP contribution in [0, 0.1) is 5.82 Å². The molecule has 0 saturated carbocycles. The summed E-state index contributed by atoms with van der Waals surface area (Å²) in [6.45, 7) is 1.56. The van der Waals surface area contributed by atoms with Gasteiger partial charge in [0.15, 0.2) is 0 Å². The van der Waals surface area contributed by atoms with Crippen LogP contribution in [0.2, 0.25) is 0 Å². The standard InChI is InChI=1S/C12H16F2N2/c13-10-3-1-2-4-11(10)16-9-12(14)5-7-15-8-6-12/h1-4,15-16H,5-9H2. The Balaban J connectivity index is 1.94. The molecule has 88 valence electrons. The van der Waals surface area contributed by atoms with Crippen molar-refractivity contribution in [2.75, 3.05) is 25.0 Å². The van der Waals surface area contributed by atoms with E-state index in [2.05, 4.69) is 10.6 Å². The van der Waals surface area contributed by atoms with E-state index >= 15 is 0 Å². The largest absolute Gasteiger partial charge is 0.379 e. The monoisotopic (exact) mass is 226 g/mol. The summed E-state index contributed by atoms with van der Waals surface area (Å²) in [5.74, 6) is -0.333. The van der Waals surface area contributed by atoms with Crippen molar-refractivity contribution in [1.29, 1.82) is 0 Å². The van der Waals surface area contributed by atoms with Crippen molar-refractivity contribution in [2.24, 2.45) is 0 Å². The van der Waals surface area contributed by atoms with Gasteiger partial charge in [0, 0.05) is 6.54 Å². The highest BCUT2D eigenvalue weighted by atomic mass is 19.1. The minimum atomic E-state index is -1.21. The van der Waals surface area contributed by atoms with Crippen LogP contribution >= 0.6 is 0 Å². The van der Waals surface area contributed by atoms with Gasteiger partial charge in [0.2, 0.25) is 0 Å². The van der Waals surface area contributed by atoms with E-state index in [1.165, 1.54) is 6.07 Å². The average molecular weight is 226 g/mol. The Bertz CT molecular complexity index is 349. The maximum atomic E-state index is 14.2. The molecule has 0 bridgehead atoms. The van der Waals surface area contributed by atoms with E-state index in [0.717, 1.165) is 0 Å². The van der Waals surface area contributed by atoms with Gasteiger partial charge in [0.25, 0.3) is 0 Å². The molecular weight excluding hydrogens is 210 g/mol. The minimum absolute atomic E-state index is 0.176. The number of alkyl halides is 1. The summed E-state index contributed by atoms with van der Waals surface area (Å²) < 4.78 is 27.4. The van der Waals surface area contributed by atoms with Gasteiger partial charge in [0.05, 0.1) is 5.69 Å². The van der Waals surface area contributed by atoms with Crippen LogP contribution in [-0.2, 0) is 0 Å². The second kappa shape index (κ2) is 4.78. The molecule has 16 heavy (non-hydrogen) atoms. The fraction of sp³-hybridized carbons (Fsp3) is 0.500. The molecule has 0 aliphatic carbocycles. The van der Waals surface area contributed by atoms with Gasteiger partial charge in [-0.25, -0.2) is 8.78 Å². The van der Waals surface area contributed by atoms with Crippen LogP contribution < -0.4 is 10.6 Å². The zero-order valence-electron chi connectivity index (χ0n) is 9.10. The van der Waals surface area contributed by atoms with E-state index in [-0.39, 0.29) is 12.4 Å².